The molecule has 94 valence electrons. The lowest BCUT2D eigenvalue weighted by molar-refractivity contribution is 0.509. The molecule has 1 atom stereocenters. The Kier molecular flexibility index (Phi) is 3.34. The SMILES string of the molecule is Cc1nc(-c2ccc(F)c(F)c2)ncc1[C@@H](C)N. The van der Waals surface area contributed by atoms with Gasteiger partial charge in [-0.05, 0) is 32.0 Å². The molecule has 0 fully saturated rings. The zero-order chi connectivity index (χ0) is 13.3. The van der Waals surface area contributed by atoms with Gasteiger partial charge < -0.3 is 5.73 Å². The summed E-state index contributed by atoms with van der Waals surface area (Å²) in [5.41, 5.74) is 7.77. The van der Waals surface area contributed by atoms with Crippen LogP contribution in [0, 0.1) is 18.6 Å². The van der Waals surface area contributed by atoms with Crippen molar-refractivity contribution >= 4 is 0 Å². The van der Waals surface area contributed by atoms with Crippen LogP contribution in [0.4, 0.5) is 8.78 Å². The lowest BCUT2D eigenvalue weighted by Gasteiger charge is -2.09. The molecule has 0 radical (unpaired) electrons. The van der Waals surface area contributed by atoms with E-state index in [9.17, 15) is 8.78 Å². The molecule has 0 bridgehead atoms. The van der Waals surface area contributed by atoms with Crippen molar-refractivity contribution < 1.29 is 8.78 Å². The van der Waals surface area contributed by atoms with E-state index in [-0.39, 0.29) is 6.04 Å². The first-order chi connectivity index (χ1) is 8.49. The predicted octanol–water partition coefficient (Wildman–Crippen LogP) is 2.75. The van der Waals surface area contributed by atoms with E-state index in [1.54, 1.807) is 6.20 Å². The molecule has 1 aromatic carbocycles. The van der Waals surface area contributed by atoms with Crippen molar-refractivity contribution in [1.82, 2.24) is 9.97 Å². The number of hydrogen-bond donors (Lipinski definition) is 1. The molecule has 1 aromatic heterocycles. The summed E-state index contributed by atoms with van der Waals surface area (Å²) in [6.07, 6.45) is 1.61. The number of nitrogens with two attached hydrogens (primary N) is 1. The molecule has 0 saturated heterocycles. The van der Waals surface area contributed by atoms with Gasteiger partial charge in [-0.1, -0.05) is 0 Å². The number of rotatable bonds is 2. The first-order valence-electron chi connectivity index (χ1n) is 5.53. The highest BCUT2D eigenvalue weighted by molar-refractivity contribution is 5.55. The van der Waals surface area contributed by atoms with Crippen LogP contribution in [0.1, 0.15) is 24.2 Å². The van der Waals surface area contributed by atoms with Crippen molar-refractivity contribution in [3.05, 3.63) is 47.3 Å². The van der Waals surface area contributed by atoms with Gasteiger partial charge in [0.2, 0.25) is 0 Å². The Morgan fingerprint density at radius 3 is 2.50 bits per heavy atom. The van der Waals surface area contributed by atoms with Crippen molar-refractivity contribution in [3.63, 3.8) is 0 Å². The third-order valence-electron chi connectivity index (χ3n) is 2.69. The Morgan fingerprint density at radius 1 is 1.22 bits per heavy atom. The average Bonchev–Trinajstić information content (AvgIpc) is 2.32. The van der Waals surface area contributed by atoms with Crippen LogP contribution in [-0.2, 0) is 0 Å². The Labute approximate surface area is 104 Å². The van der Waals surface area contributed by atoms with Crippen molar-refractivity contribution in [3.8, 4) is 11.4 Å². The molecule has 3 nitrogen and oxygen atoms in total. The van der Waals surface area contributed by atoms with Crippen molar-refractivity contribution in [2.24, 2.45) is 5.73 Å². The number of halogens is 2. The molecule has 0 spiro atoms. The van der Waals surface area contributed by atoms with Gasteiger partial charge in [0.15, 0.2) is 17.5 Å². The predicted molar refractivity (Wildman–Crippen MR) is 64.7 cm³/mol. The second-order valence-electron chi connectivity index (χ2n) is 4.15. The highest BCUT2D eigenvalue weighted by atomic mass is 19.2. The van der Waals surface area contributed by atoms with Crippen LogP contribution in [-0.4, -0.2) is 9.97 Å². The summed E-state index contributed by atoms with van der Waals surface area (Å²) in [5, 5.41) is 0. The summed E-state index contributed by atoms with van der Waals surface area (Å²) < 4.78 is 26.0. The minimum absolute atomic E-state index is 0.163. The maximum absolute atomic E-state index is 13.1. The summed E-state index contributed by atoms with van der Waals surface area (Å²) in [6.45, 7) is 3.65. The summed E-state index contributed by atoms with van der Waals surface area (Å²) >= 11 is 0. The summed E-state index contributed by atoms with van der Waals surface area (Å²) in [5.74, 6) is -1.44. The molecular weight excluding hydrogens is 236 g/mol. The molecule has 2 aromatic rings. The fourth-order valence-electron chi connectivity index (χ4n) is 1.70. The Morgan fingerprint density at radius 2 is 1.94 bits per heavy atom. The van der Waals surface area contributed by atoms with Gasteiger partial charge in [0.05, 0.1) is 0 Å². The highest BCUT2D eigenvalue weighted by Crippen LogP contribution is 2.20. The van der Waals surface area contributed by atoms with Crippen molar-refractivity contribution in [2.45, 2.75) is 19.9 Å². The van der Waals surface area contributed by atoms with Gasteiger partial charge in [-0.15, -0.1) is 0 Å². The first kappa shape index (κ1) is 12.6. The third-order valence-corrected chi connectivity index (χ3v) is 2.69. The first-order valence-corrected chi connectivity index (χ1v) is 5.53. The van der Waals surface area contributed by atoms with E-state index in [0.29, 0.717) is 11.4 Å². The van der Waals surface area contributed by atoms with E-state index in [2.05, 4.69) is 9.97 Å². The molecule has 0 saturated carbocycles. The van der Waals surface area contributed by atoms with Crippen LogP contribution in [0.15, 0.2) is 24.4 Å². The number of nitrogens with zero attached hydrogens (tertiary/aromatic N) is 2. The van der Waals surface area contributed by atoms with E-state index in [1.807, 2.05) is 13.8 Å². The zero-order valence-electron chi connectivity index (χ0n) is 10.1. The molecule has 1 heterocycles. The minimum Gasteiger partial charge on any atom is -0.324 e. The van der Waals surface area contributed by atoms with Gasteiger partial charge in [-0.25, -0.2) is 18.7 Å². The van der Waals surface area contributed by atoms with E-state index in [4.69, 9.17) is 5.73 Å². The van der Waals surface area contributed by atoms with Gasteiger partial charge in [0.25, 0.3) is 0 Å². The normalized spacial score (nSPS) is 12.5. The largest absolute Gasteiger partial charge is 0.324 e. The average molecular weight is 249 g/mol. The smallest absolute Gasteiger partial charge is 0.159 e. The molecular formula is C13H13F2N3. The standard InChI is InChI=1S/C13H13F2N3/c1-7(16)10-6-17-13(18-8(10)2)9-3-4-11(14)12(15)5-9/h3-7H,16H2,1-2H3/t7-/m1/s1. The summed E-state index contributed by atoms with van der Waals surface area (Å²) in [7, 11) is 0. The third kappa shape index (κ3) is 2.36. The lowest BCUT2D eigenvalue weighted by atomic mass is 10.1. The molecule has 0 aliphatic heterocycles. The summed E-state index contributed by atoms with van der Waals surface area (Å²) in [6, 6.07) is 3.42. The molecule has 18 heavy (non-hydrogen) atoms. The van der Waals surface area contributed by atoms with Crippen LogP contribution in [0.25, 0.3) is 11.4 Å². The fraction of sp³-hybridized carbons (Fsp3) is 0.231. The van der Waals surface area contributed by atoms with E-state index in [1.165, 1.54) is 6.07 Å². The van der Waals surface area contributed by atoms with Gasteiger partial charge in [-0.3, -0.25) is 0 Å². The zero-order valence-corrected chi connectivity index (χ0v) is 10.1. The van der Waals surface area contributed by atoms with Crippen LogP contribution in [0.3, 0.4) is 0 Å². The Balaban J connectivity index is 2.45. The molecule has 2 rings (SSSR count). The second-order valence-corrected chi connectivity index (χ2v) is 4.15. The fourth-order valence-corrected chi connectivity index (χ4v) is 1.70. The second kappa shape index (κ2) is 4.78. The van der Waals surface area contributed by atoms with Gasteiger partial charge in [0, 0.05) is 29.1 Å². The van der Waals surface area contributed by atoms with Crippen molar-refractivity contribution in [1.29, 1.82) is 0 Å². The topological polar surface area (TPSA) is 51.8 Å². The summed E-state index contributed by atoms with van der Waals surface area (Å²) in [4.78, 5) is 8.38. The molecule has 2 N–H and O–H groups in total. The molecule has 0 aliphatic rings. The molecule has 0 amide bonds. The Bertz CT molecular complexity index is 582. The maximum atomic E-state index is 13.1. The maximum Gasteiger partial charge on any atom is 0.159 e. The van der Waals surface area contributed by atoms with E-state index >= 15 is 0 Å². The Hall–Kier alpha value is -1.88. The monoisotopic (exact) mass is 249 g/mol. The number of hydrogen-bond acceptors (Lipinski definition) is 3. The van der Waals surface area contributed by atoms with Crippen LogP contribution < -0.4 is 5.73 Å². The van der Waals surface area contributed by atoms with Crippen molar-refractivity contribution in [2.75, 3.05) is 0 Å². The minimum atomic E-state index is -0.912. The highest BCUT2D eigenvalue weighted by Gasteiger charge is 2.10. The van der Waals surface area contributed by atoms with E-state index in [0.717, 1.165) is 23.4 Å². The van der Waals surface area contributed by atoms with Crippen LogP contribution in [0.2, 0.25) is 0 Å². The molecule has 0 aliphatic carbocycles. The van der Waals surface area contributed by atoms with Gasteiger partial charge in [0.1, 0.15) is 0 Å². The van der Waals surface area contributed by atoms with Gasteiger partial charge >= 0.3 is 0 Å². The molecule has 0 unspecified atom stereocenters. The van der Waals surface area contributed by atoms with Crippen LogP contribution in [0.5, 0.6) is 0 Å². The van der Waals surface area contributed by atoms with Gasteiger partial charge in [-0.2, -0.15) is 0 Å². The van der Waals surface area contributed by atoms with E-state index < -0.39 is 11.6 Å². The molecule has 5 heteroatoms. The van der Waals surface area contributed by atoms with Crippen LogP contribution >= 0.6 is 0 Å². The number of benzene rings is 1. The lowest BCUT2D eigenvalue weighted by Crippen LogP contribution is -2.09. The quantitative estimate of drug-likeness (QED) is 0.890. The number of aryl methyl sites for hydroxylation is 1. The number of aromatic nitrogens is 2.